The molecule has 0 amide bonds. The molecule has 1 aliphatic rings. The Morgan fingerprint density at radius 3 is 2.57 bits per heavy atom. The number of hydrogen-bond donors (Lipinski definition) is 0. The number of rotatable bonds is 2. The van der Waals surface area contributed by atoms with Crippen molar-refractivity contribution >= 4 is 11.6 Å². The Balaban J connectivity index is 2.34. The van der Waals surface area contributed by atoms with Crippen molar-refractivity contribution in [1.29, 1.82) is 0 Å². The van der Waals surface area contributed by atoms with E-state index in [9.17, 15) is 0 Å². The van der Waals surface area contributed by atoms with E-state index >= 15 is 0 Å². The molecule has 1 aliphatic heterocycles. The summed E-state index contributed by atoms with van der Waals surface area (Å²) in [5.41, 5.74) is 1.93. The van der Waals surface area contributed by atoms with Crippen LogP contribution in [0, 0.1) is 0 Å². The van der Waals surface area contributed by atoms with E-state index in [1.807, 2.05) is 18.2 Å². The summed E-state index contributed by atoms with van der Waals surface area (Å²) >= 11 is 6.00. The van der Waals surface area contributed by atoms with E-state index in [-0.39, 0.29) is 5.60 Å². The molecule has 0 radical (unpaired) electrons. The predicted molar refractivity (Wildman–Crippen MR) is 58.5 cm³/mol. The van der Waals surface area contributed by atoms with Gasteiger partial charge in [0.2, 0.25) is 0 Å². The molecule has 1 aromatic carbocycles. The van der Waals surface area contributed by atoms with Gasteiger partial charge in [-0.15, -0.1) is 11.6 Å². The van der Waals surface area contributed by atoms with Crippen LogP contribution in [0.25, 0.3) is 0 Å². The van der Waals surface area contributed by atoms with Gasteiger partial charge in [0.05, 0.1) is 12.5 Å². The number of ether oxygens (including phenoxy) is 1. The largest absolute Gasteiger partial charge is 0.364 e. The molecule has 0 aliphatic carbocycles. The van der Waals surface area contributed by atoms with Crippen LogP contribution in [0.4, 0.5) is 0 Å². The number of halogens is 1. The lowest BCUT2D eigenvalue weighted by atomic mass is 9.92. The fraction of sp³-hybridized carbons (Fsp3) is 0.333. The Labute approximate surface area is 89.3 Å². The maximum atomic E-state index is 6.00. The Morgan fingerprint density at radius 1 is 1.36 bits per heavy atom. The summed E-state index contributed by atoms with van der Waals surface area (Å²) in [6.45, 7) is 4.57. The van der Waals surface area contributed by atoms with Crippen LogP contribution in [0.15, 0.2) is 42.5 Å². The van der Waals surface area contributed by atoms with Crippen molar-refractivity contribution in [2.24, 2.45) is 0 Å². The second-order valence-electron chi connectivity index (χ2n) is 3.71. The lowest BCUT2D eigenvalue weighted by Gasteiger charge is -2.25. The molecule has 1 atom stereocenters. The van der Waals surface area contributed by atoms with Crippen LogP contribution in [0.3, 0.4) is 0 Å². The van der Waals surface area contributed by atoms with E-state index in [4.69, 9.17) is 16.3 Å². The minimum atomic E-state index is -0.333. The molecule has 1 saturated heterocycles. The predicted octanol–water partition coefficient (Wildman–Crippen LogP) is 3.10. The van der Waals surface area contributed by atoms with Crippen molar-refractivity contribution in [3.63, 3.8) is 0 Å². The molecule has 0 bridgehead atoms. The zero-order valence-electron chi connectivity index (χ0n) is 8.00. The monoisotopic (exact) mass is 208 g/mol. The molecular weight excluding hydrogens is 196 g/mol. The molecular formula is C12H13ClO. The first-order valence-corrected chi connectivity index (χ1v) is 5.22. The van der Waals surface area contributed by atoms with Crippen molar-refractivity contribution in [2.75, 3.05) is 12.5 Å². The summed E-state index contributed by atoms with van der Waals surface area (Å²) in [7, 11) is 0. The van der Waals surface area contributed by atoms with E-state index in [0.717, 1.165) is 17.6 Å². The molecule has 0 saturated carbocycles. The first-order valence-electron chi connectivity index (χ1n) is 4.69. The average molecular weight is 209 g/mol. The quantitative estimate of drug-likeness (QED) is 0.536. The van der Waals surface area contributed by atoms with Crippen LogP contribution >= 0.6 is 11.6 Å². The standard InChI is InChI=1S/C12H13ClO/c1-10-7-12(9-13,14-8-10)11-5-3-2-4-6-11/h2-6H,1,7-9H2. The van der Waals surface area contributed by atoms with Gasteiger partial charge in [-0.1, -0.05) is 36.9 Å². The molecule has 1 unspecified atom stereocenters. The van der Waals surface area contributed by atoms with Gasteiger partial charge in [-0.05, 0) is 11.1 Å². The molecule has 2 rings (SSSR count). The molecule has 74 valence electrons. The summed E-state index contributed by atoms with van der Waals surface area (Å²) < 4.78 is 5.76. The molecule has 0 N–H and O–H groups in total. The topological polar surface area (TPSA) is 9.23 Å². The fourth-order valence-corrected chi connectivity index (χ4v) is 2.16. The SMILES string of the molecule is C=C1COC(CCl)(c2ccccc2)C1. The average Bonchev–Trinajstić information content (AvgIpc) is 2.63. The van der Waals surface area contributed by atoms with Gasteiger partial charge in [0, 0.05) is 6.42 Å². The number of benzene rings is 1. The molecule has 2 heteroatoms. The Hall–Kier alpha value is -0.790. The summed E-state index contributed by atoms with van der Waals surface area (Å²) in [5, 5.41) is 0. The summed E-state index contributed by atoms with van der Waals surface area (Å²) in [5.74, 6) is 0.482. The van der Waals surface area contributed by atoms with Gasteiger partial charge >= 0.3 is 0 Å². The minimum Gasteiger partial charge on any atom is -0.364 e. The molecule has 0 aromatic heterocycles. The van der Waals surface area contributed by atoms with Crippen molar-refractivity contribution < 1.29 is 4.74 Å². The van der Waals surface area contributed by atoms with Gasteiger partial charge in [-0.2, -0.15) is 0 Å². The third-order valence-electron chi connectivity index (χ3n) is 2.60. The highest BCUT2D eigenvalue weighted by atomic mass is 35.5. The van der Waals surface area contributed by atoms with Crippen LogP contribution in [0.1, 0.15) is 12.0 Å². The van der Waals surface area contributed by atoms with E-state index < -0.39 is 0 Å². The minimum absolute atomic E-state index is 0.333. The zero-order valence-corrected chi connectivity index (χ0v) is 8.76. The molecule has 1 fully saturated rings. The van der Waals surface area contributed by atoms with Gasteiger partial charge in [0.15, 0.2) is 0 Å². The van der Waals surface area contributed by atoms with E-state index in [0.29, 0.717) is 12.5 Å². The van der Waals surface area contributed by atoms with Crippen LogP contribution in [-0.2, 0) is 10.3 Å². The Morgan fingerprint density at radius 2 is 2.07 bits per heavy atom. The number of hydrogen-bond acceptors (Lipinski definition) is 1. The first kappa shape index (κ1) is 9.75. The van der Waals surface area contributed by atoms with E-state index in [1.54, 1.807) is 0 Å². The van der Waals surface area contributed by atoms with Crippen molar-refractivity contribution in [3.8, 4) is 0 Å². The highest BCUT2D eigenvalue weighted by molar-refractivity contribution is 6.18. The van der Waals surface area contributed by atoms with Gasteiger partial charge in [-0.3, -0.25) is 0 Å². The summed E-state index contributed by atoms with van der Waals surface area (Å²) in [6, 6.07) is 10.1. The normalized spacial score (nSPS) is 26.8. The molecule has 0 spiro atoms. The number of alkyl halides is 1. The van der Waals surface area contributed by atoms with Crippen LogP contribution < -0.4 is 0 Å². The van der Waals surface area contributed by atoms with Crippen molar-refractivity contribution in [3.05, 3.63) is 48.0 Å². The highest BCUT2D eigenvalue weighted by Gasteiger charge is 2.37. The first-order chi connectivity index (χ1) is 6.77. The Bertz CT molecular complexity index is 333. The maximum Gasteiger partial charge on any atom is 0.111 e. The van der Waals surface area contributed by atoms with Gasteiger partial charge < -0.3 is 4.74 Å². The molecule has 1 aromatic rings. The zero-order chi connectivity index (χ0) is 10.0. The van der Waals surface area contributed by atoms with E-state index in [2.05, 4.69) is 18.7 Å². The van der Waals surface area contributed by atoms with Crippen LogP contribution in [-0.4, -0.2) is 12.5 Å². The third-order valence-corrected chi connectivity index (χ3v) is 3.04. The maximum absolute atomic E-state index is 6.00. The molecule has 14 heavy (non-hydrogen) atoms. The highest BCUT2D eigenvalue weighted by Crippen LogP contribution is 2.38. The third kappa shape index (κ3) is 1.58. The molecule has 1 heterocycles. The summed E-state index contributed by atoms with van der Waals surface area (Å²) in [6.07, 6.45) is 0.834. The lowest BCUT2D eigenvalue weighted by molar-refractivity contribution is 0.0208. The van der Waals surface area contributed by atoms with Gasteiger partial charge in [-0.25, -0.2) is 0 Å². The Kier molecular flexibility index (Phi) is 2.62. The smallest absolute Gasteiger partial charge is 0.111 e. The fourth-order valence-electron chi connectivity index (χ4n) is 1.84. The lowest BCUT2D eigenvalue weighted by Crippen LogP contribution is -2.26. The summed E-state index contributed by atoms with van der Waals surface area (Å²) in [4.78, 5) is 0. The van der Waals surface area contributed by atoms with Crippen LogP contribution in [0.5, 0.6) is 0 Å². The van der Waals surface area contributed by atoms with Gasteiger partial charge in [0.25, 0.3) is 0 Å². The van der Waals surface area contributed by atoms with Gasteiger partial charge in [0.1, 0.15) is 5.60 Å². The van der Waals surface area contributed by atoms with Crippen molar-refractivity contribution in [1.82, 2.24) is 0 Å². The molecule has 1 nitrogen and oxygen atoms in total. The van der Waals surface area contributed by atoms with E-state index in [1.165, 1.54) is 0 Å². The van der Waals surface area contributed by atoms with Crippen LogP contribution in [0.2, 0.25) is 0 Å². The second kappa shape index (κ2) is 3.76. The van der Waals surface area contributed by atoms with Crippen molar-refractivity contribution in [2.45, 2.75) is 12.0 Å². The second-order valence-corrected chi connectivity index (χ2v) is 3.98.